The number of carbonyl (C=O) groups excluding carboxylic acids is 2. The number of ether oxygens (including phenoxy) is 2. The fourth-order valence-electron chi connectivity index (χ4n) is 2.32. The molecular formula is C20H30O6. The van der Waals surface area contributed by atoms with Gasteiger partial charge >= 0.3 is 11.9 Å². The van der Waals surface area contributed by atoms with Gasteiger partial charge in [0.15, 0.2) is 0 Å². The van der Waals surface area contributed by atoms with Crippen molar-refractivity contribution < 1.29 is 29.3 Å². The largest absolute Gasteiger partial charge is 0.462 e. The summed E-state index contributed by atoms with van der Waals surface area (Å²) in [5.41, 5.74) is 0.767. The molecule has 0 heterocycles. The summed E-state index contributed by atoms with van der Waals surface area (Å²) in [7, 11) is 0. The van der Waals surface area contributed by atoms with Gasteiger partial charge < -0.3 is 19.7 Å². The van der Waals surface area contributed by atoms with Gasteiger partial charge in [-0.2, -0.15) is 0 Å². The molecule has 26 heavy (non-hydrogen) atoms. The van der Waals surface area contributed by atoms with Crippen LogP contribution in [0.1, 0.15) is 73.1 Å². The summed E-state index contributed by atoms with van der Waals surface area (Å²) in [6, 6.07) is 6.18. The monoisotopic (exact) mass is 366 g/mol. The fraction of sp³-hybridized carbons (Fsp3) is 0.600. The highest BCUT2D eigenvalue weighted by Gasteiger charge is 2.11. The van der Waals surface area contributed by atoms with E-state index in [1.54, 1.807) is 38.1 Å². The lowest BCUT2D eigenvalue weighted by Gasteiger charge is -2.08. The number of aliphatic hydroxyl groups is 2. The molecule has 0 amide bonds. The zero-order valence-corrected chi connectivity index (χ0v) is 15.6. The van der Waals surface area contributed by atoms with Crippen molar-refractivity contribution in [3.05, 3.63) is 35.4 Å². The first-order valence-corrected chi connectivity index (χ1v) is 9.20. The molecule has 1 aromatic rings. The summed E-state index contributed by atoms with van der Waals surface area (Å²) in [6.45, 7) is 4.08. The number of hydrogen-bond acceptors (Lipinski definition) is 6. The number of hydrogen-bond donors (Lipinski definition) is 2. The first kappa shape index (κ1) is 22.1. The highest BCUT2D eigenvalue weighted by molar-refractivity contribution is 5.93. The predicted molar refractivity (Wildman–Crippen MR) is 98.1 cm³/mol. The summed E-state index contributed by atoms with van der Waals surface area (Å²) in [4.78, 5) is 23.8. The van der Waals surface area contributed by atoms with E-state index in [-0.39, 0.29) is 12.2 Å². The van der Waals surface area contributed by atoms with Gasteiger partial charge in [-0.1, -0.05) is 0 Å². The van der Waals surface area contributed by atoms with Crippen LogP contribution in [0.25, 0.3) is 0 Å². The summed E-state index contributed by atoms with van der Waals surface area (Å²) >= 11 is 0. The Morgan fingerprint density at radius 3 is 1.42 bits per heavy atom. The van der Waals surface area contributed by atoms with Gasteiger partial charge in [0, 0.05) is 0 Å². The maximum atomic E-state index is 11.9. The molecule has 0 fully saturated rings. The number of esters is 2. The Morgan fingerprint density at radius 1 is 0.769 bits per heavy atom. The molecule has 0 aromatic heterocycles. The van der Waals surface area contributed by atoms with Gasteiger partial charge in [0.05, 0.1) is 36.5 Å². The van der Waals surface area contributed by atoms with Crippen molar-refractivity contribution in [3.8, 4) is 0 Å². The molecule has 0 aliphatic rings. The van der Waals surface area contributed by atoms with Crippen molar-refractivity contribution in [2.45, 2.75) is 64.6 Å². The van der Waals surface area contributed by atoms with Crippen LogP contribution in [0.2, 0.25) is 0 Å². The molecule has 6 heteroatoms. The summed E-state index contributed by atoms with van der Waals surface area (Å²) in [6.07, 6.45) is 3.71. The topological polar surface area (TPSA) is 93.1 Å². The van der Waals surface area contributed by atoms with E-state index >= 15 is 0 Å². The second kappa shape index (κ2) is 12.4. The van der Waals surface area contributed by atoms with Gasteiger partial charge in [0.1, 0.15) is 0 Å². The first-order chi connectivity index (χ1) is 12.4. The third kappa shape index (κ3) is 9.53. The summed E-state index contributed by atoms with van der Waals surface area (Å²) in [5.74, 6) is -0.861. The quantitative estimate of drug-likeness (QED) is 0.436. The van der Waals surface area contributed by atoms with Crippen LogP contribution in [-0.2, 0) is 9.47 Å². The molecule has 0 aliphatic heterocycles. The lowest BCUT2D eigenvalue weighted by atomic mass is 10.1. The highest BCUT2D eigenvalue weighted by atomic mass is 16.5. The van der Waals surface area contributed by atoms with Crippen molar-refractivity contribution in [2.24, 2.45) is 0 Å². The molecule has 2 N–H and O–H groups in total. The molecule has 0 spiro atoms. The maximum Gasteiger partial charge on any atom is 0.338 e. The standard InChI is InChI=1S/C20H30O6/c1-15(21)7-3-5-13-25-19(23)17-9-11-18(12-10-17)20(24)26-14-6-4-8-16(2)22/h9-12,15-16,21-22H,3-8,13-14H2,1-2H3. The summed E-state index contributed by atoms with van der Waals surface area (Å²) in [5, 5.41) is 18.3. The van der Waals surface area contributed by atoms with E-state index in [0.717, 1.165) is 12.8 Å². The van der Waals surface area contributed by atoms with E-state index in [1.165, 1.54) is 0 Å². The first-order valence-electron chi connectivity index (χ1n) is 9.20. The van der Waals surface area contributed by atoms with Crippen LogP contribution in [-0.4, -0.2) is 47.6 Å². The van der Waals surface area contributed by atoms with Crippen LogP contribution >= 0.6 is 0 Å². The zero-order chi connectivity index (χ0) is 19.4. The molecule has 0 bridgehead atoms. The van der Waals surface area contributed by atoms with Gasteiger partial charge in [-0.15, -0.1) is 0 Å². The lowest BCUT2D eigenvalue weighted by molar-refractivity contribution is 0.0479. The number of carbonyl (C=O) groups is 2. The van der Waals surface area contributed by atoms with Gasteiger partial charge in [-0.25, -0.2) is 9.59 Å². The third-order valence-corrected chi connectivity index (χ3v) is 3.86. The Kier molecular flexibility index (Phi) is 10.6. The molecule has 6 nitrogen and oxygen atoms in total. The second-order valence-electron chi connectivity index (χ2n) is 6.54. The predicted octanol–water partition coefficient (Wildman–Crippen LogP) is 3.10. The Morgan fingerprint density at radius 2 is 1.12 bits per heavy atom. The molecule has 2 unspecified atom stereocenters. The van der Waals surface area contributed by atoms with E-state index in [0.29, 0.717) is 50.0 Å². The van der Waals surface area contributed by atoms with Gasteiger partial charge in [0.25, 0.3) is 0 Å². The van der Waals surface area contributed by atoms with E-state index < -0.39 is 11.9 Å². The smallest absolute Gasteiger partial charge is 0.338 e. The maximum absolute atomic E-state index is 11.9. The van der Waals surface area contributed by atoms with Crippen molar-refractivity contribution in [1.82, 2.24) is 0 Å². The number of aliphatic hydroxyl groups excluding tert-OH is 2. The molecule has 2 atom stereocenters. The van der Waals surface area contributed by atoms with Crippen LogP contribution in [0.3, 0.4) is 0 Å². The van der Waals surface area contributed by atoms with Crippen LogP contribution < -0.4 is 0 Å². The third-order valence-electron chi connectivity index (χ3n) is 3.86. The molecular weight excluding hydrogens is 336 g/mol. The molecule has 146 valence electrons. The molecule has 0 saturated carbocycles. The van der Waals surface area contributed by atoms with Crippen molar-refractivity contribution in [1.29, 1.82) is 0 Å². The minimum absolute atomic E-state index is 0.307. The van der Waals surface area contributed by atoms with Crippen molar-refractivity contribution >= 4 is 11.9 Å². The molecule has 0 aliphatic carbocycles. The molecule has 0 saturated heterocycles. The van der Waals surface area contributed by atoms with E-state index in [4.69, 9.17) is 19.7 Å². The molecule has 0 radical (unpaired) electrons. The van der Waals surface area contributed by atoms with Crippen LogP contribution in [0.4, 0.5) is 0 Å². The van der Waals surface area contributed by atoms with Crippen molar-refractivity contribution in [2.75, 3.05) is 13.2 Å². The Bertz CT molecular complexity index is 487. The Balaban J connectivity index is 2.30. The average molecular weight is 366 g/mol. The SMILES string of the molecule is CC(O)CCCCOC(=O)c1ccc(C(=O)OCCCCC(C)O)cc1. The molecule has 1 aromatic carbocycles. The minimum Gasteiger partial charge on any atom is -0.462 e. The minimum atomic E-state index is -0.430. The van der Waals surface area contributed by atoms with E-state index in [2.05, 4.69) is 0 Å². The number of unbranched alkanes of at least 4 members (excludes halogenated alkanes) is 2. The Hall–Kier alpha value is -1.92. The number of benzene rings is 1. The van der Waals surface area contributed by atoms with Crippen LogP contribution in [0.5, 0.6) is 0 Å². The van der Waals surface area contributed by atoms with E-state index in [1.807, 2.05) is 0 Å². The van der Waals surface area contributed by atoms with Gasteiger partial charge in [-0.05, 0) is 76.6 Å². The van der Waals surface area contributed by atoms with Crippen LogP contribution in [0.15, 0.2) is 24.3 Å². The second-order valence-corrected chi connectivity index (χ2v) is 6.54. The Labute approximate surface area is 155 Å². The molecule has 1 rings (SSSR count). The fourth-order valence-corrected chi connectivity index (χ4v) is 2.32. The van der Waals surface area contributed by atoms with Crippen LogP contribution in [0, 0.1) is 0 Å². The lowest BCUT2D eigenvalue weighted by Crippen LogP contribution is -2.10. The normalized spacial score (nSPS) is 13.1. The van der Waals surface area contributed by atoms with Gasteiger partial charge in [0.2, 0.25) is 0 Å². The van der Waals surface area contributed by atoms with Crippen molar-refractivity contribution in [3.63, 3.8) is 0 Å². The summed E-state index contributed by atoms with van der Waals surface area (Å²) < 4.78 is 10.3. The van der Waals surface area contributed by atoms with Gasteiger partial charge in [-0.3, -0.25) is 0 Å². The zero-order valence-electron chi connectivity index (χ0n) is 15.6. The number of rotatable bonds is 12. The average Bonchev–Trinajstić information content (AvgIpc) is 2.60. The highest BCUT2D eigenvalue weighted by Crippen LogP contribution is 2.09. The van der Waals surface area contributed by atoms with E-state index in [9.17, 15) is 9.59 Å².